The van der Waals surface area contributed by atoms with Gasteiger partial charge < -0.3 is 30.2 Å². The number of halogens is 6. The number of amides is 2. The van der Waals surface area contributed by atoms with Crippen LogP contribution >= 0.6 is 0 Å². The van der Waals surface area contributed by atoms with Gasteiger partial charge in [-0.25, -0.2) is 0 Å². The molecule has 356 valence electrons. The van der Waals surface area contributed by atoms with Crippen molar-refractivity contribution in [2.45, 2.75) is 70.9 Å². The normalized spacial score (nSPS) is 17.7. The van der Waals surface area contributed by atoms with Crippen LogP contribution in [0.4, 0.5) is 49.4 Å². The Hall–Kier alpha value is -6.86. The molecular weight excluding hydrogens is 891 g/mol. The summed E-state index contributed by atoms with van der Waals surface area (Å²) in [5, 5.41) is 24.9. The number of pyridine rings is 2. The molecule has 2 aromatic carbocycles. The SMILES string of the molecule is Cc1nnc(N[C@H](C)c2ccc(Cc3nnc(N[C@H](C)c4cccc(C(F)(F)F)c4)c4cc(N5CCC6(CCN(C)C6=O)CC5)cnc34)c(C(F)(F)F)c2)c2cc(N3CCN(C)C(=O)C3)cnc12. The fourth-order valence-electron chi connectivity index (χ4n) is 9.56. The third-order valence-corrected chi connectivity index (χ3v) is 13.8. The Kier molecular flexibility index (Phi) is 12.0. The molecule has 0 aliphatic carbocycles. The number of nitrogens with zero attached hydrogens (tertiary/aromatic N) is 10. The van der Waals surface area contributed by atoms with E-state index in [-0.39, 0.29) is 47.4 Å². The number of piperidine rings is 1. The molecular formula is C48H50F6N12O2. The first-order valence-electron chi connectivity index (χ1n) is 22.5. The molecule has 9 rings (SSSR count). The van der Waals surface area contributed by atoms with Crippen molar-refractivity contribution in [2.24, 2.45) is 5.41 Å². The highest BCUT2D eigenvalue weighted by Crippen LogP contribution is 2.43. The number of alkyl halides is 6. The van der Waals surface area contributed by atoms with Crippen molar-refractivity contribution in [1.82, 2.24) is 40.2 Å². The molecule has 0 radical (unpaired) electrons. The monoisotopic (exact) mass is 940 g/mol. The summed E-state index contributed by atoms with van der Waals surface area (Å²) in [5.74, 6) is 0.624. The summed E-state index contributed by atoms with van der Waals surface area (Å²) in [6.07, 6.45) is -4.25. The molecule has 7 heterocycles. The molecule has 2 amide bonds. The van der Waals surface area contributed by atoms with E-state index in [9.17, 15) is 22.8 Å². The van der Waals surface area contributed by atoms with Gasteiger partial charge in [-0.3, -0.25) is 19.6 Å². The van der Waals surface area contributed by atoms with E-state index < -0.39 is 41.0 Å². The van der Waals surface area contributed by atoms with Gasteiger partial charge in [0.2, 0.25) is 11.8 Å². The summed E-state index contributed by atoms with van der Waals surface area (Å²) in [6, 6.07) is 11.4. The van der Waals surface area contributed by atoms with Crippen LogP contribution in [0.3, 0.4) is 0 Å². The van der Waals surface area contributed by atoms with Crippen molar-refractivity contribution in [3.8, 4) is 0 Å². The maximum atomic E-state index is 15.1. The molecule has 0 saturated carbocycles. The minimum absolute atomic E-state index is 0.0309. The van der Waals surface area contributed by atoms with Crippen molar-refractivity contribution in [2.75, 3.05) is 73.8 Å². The number of fused-ring (bicyclic) bond motifs is 2. The Bertz CT molecular complexity index is 2920. The fraction of sp³-hybridized carbons (Fsp3) is 0.417. The van der Waals surface area contributed by atoms with Crippen LogP contribution < -0.4 is 20.4 Å². The van der Waals surface area contributed by atoms with E-state index in [0.717, 1.165) is 24.6 Å². The summed E-state index contributed by atoms with van der Waals surface area (Å²) >= 11 is 0. The standard InChI is InChI=1S/C48H50F6N12O2/c1-27(30-7-6-8-33(19-30)47(49,50)51)57-44-37-22-34(65-15-12-46(13-16-65)11-14-64(5)45(46)68)24-56-42(37)39(60-62-44)21-32-10-9-31(20-38(32)48(52,53)54)28(2)58-43-36-23-35(25-55-41(36)29(3)59-61-43)66-18-17-63(4)40(67)26-66/h6-10,19-20,22-25,27-28H,11-18,21,26H2,1-5H3,(H,57,62)(H,58,61)/t27-,28-/m1/s1. The van der Waals surface area contributed by atoms with Gasteiger partial charge in [-0.1, -0.05) is 24.3 Å². The topological polar surface area (TPSA) is 148 Å². The lowest BCUT2D eigenvalue weighted by Gasteiger charge is -2.38. The molecule has 4 aromatic heterocycles. The van der Waals surface area contributed by atoms with Gasteiger partial charge in [0.25, 0.3) is 0 Å². The van der Waals surface area contributed by atoms with E-state index in [1.54, 1.807) is 62.1 Å². The lowest BCUT2D eigenvalue weighted by Crippen LogP contribution is -2.48. The van der Waals surface area contributed by atoms with E-state index in [1.807, 2.05) is 24.1 Å². The summed E-state index contributed by atoms with van der Waals surface area (Å²) in [7, 11) is 3.56. The number of aryl methyl sites for hydroxylation is 1. The molecule has 1 spiro atoms. The van der Waals surface area contributed by atoms with Crippen LogP contribution in [-0.4, -0.2) is 105 Å². The molecule has 3 saturated heterocycles. The molecule has 2 N–H and O–H groups in total. The summed E-state index contributed by atoms with van der Waals surface area (Å²) < 4.78 is 86.3. The van der Waals surface area contributed by atoms with Crippen LogP contribution in [0.1, 0.15) is 84.4 Å². The van der Waals surface area contributed by atoms with E-state index in [4.69, 9.17) is 4.98 Å². The van der Waals surface area contributed by atoms with E-state index in [0.29, 0.717) is 95.9 Å². The predicted octanol–water partition coefficient (Wildman–Crippen LogP) is 8.37. The van der Waals surface area contributed by atoms with Crippen LogP contribution in [0.15, 0.2) is 67.0 Å². The first kappa shape index (κ1) is 46.3. The van der Waals surface area contributed by atoms with Crippen LogP contribution in [0.2, 0.25) is 0 Å². The lowest BCUT2D eigenvalue weighted by molar-refractivity contribution is -0.138. The van der Waals surface area contributed by atoms with Crippen LogP contribution in [0, 0.1) is 12.3 Å². The molecule has 3 aliphatic rings. The third kappa shape index (κ3) is 8.99. The number of likely N-dealkylation sites (N-methyl/N-ethyl adjacent to an activating group) is 1. The second kappa shape index (κ2) is 17.7. The minimum atomic E-state index is -4.77. The zero-order valence-electron chi connectivity index (χ0n) is 38.1. The highest BCUT2D eigenvalue weighted by molar-refractivity contribution is 5.94. The number of rotatable bonds is 10. The van der Waals surface area contributed by atoms with Gasteiger partial charge in [0.1, 0.15) is 0 Å². The van der Waals surface area contributed by atoms with Gasteiger partial charge in [-0.15, -0.1) is 10.2 Å². The number of nitrogens with one attached hydrogen (secondary N) is 2. The predicted molar refractivity (Wildman–Crippen MR) is 245 cm³/mol. The van der Waals surface area contributed by atoms with Gasteiger partial charge in [0, 0.05) is 64.0 Å². The summed E-state index contributed by atoms with van der Waals surface area (Å²) in [4.78, 5) is 42.4. The first-order chi connectivity index (χ1) is 32.3. The fourth-order valence-corrected chi connectivity index (χ4v) is 9.56. The van der Waals surface area contributed by atoms with Crippen molar-refractivity contribution in [3.63, 3.8) is 0 Å². The Balaban J connectivity index is 1.02. The Morgan fingerprint density at radius 2 is 1.29 bits per heavy atom. The number of carbonyl (C=O) groups is 2. The van der Waals surface area contributed by atoms with Crippen molar-refractivity contribution < 1.29 is 35.9 Å². The van der Waals surface area contributed by atoms with Crippen LogP contribution in [-0.2, 0) is 28.4 Å². The largest absolute Gasteiger partial charge is 0.416 e. The van der Waals surface area contributed by atoms with Crippen LogP contribution in [0.25, 0.3) is 21.8 Å². The summed E-state index contributed by atoms with van der Waals surface area (Å²) in [6.45, 7) is 8.32. The number of piperazine rings is 1. The lowest BCUT2D eigenvalue weighted by atomic mass is 9.77. The highest BCUT2D eigenvalue weighted by atomic mass is 19.4. The first-order valence-corrected chi connectivity index (χ1v) is 22.5. The number of hydrogen-bond acceptors (Lipinski definition) is 12. The molecule has 0 bridgehead atoms. The number of hydrogen-bond donors (Lipinski definition) is 2. The molecule has 6 aromatic rings. The maximum Gasteiger partial charge on any atom is 0.416 e. The Labute approximate surface area is 388 Å². The number of likely N-dealkylation sites (tertiary alicyclic amines) is 1. The van der Waals surface area contributed by atoms with Gasteiger partial charge in [-0.2, -0.15) is 36.5 Å². The van der Waals surface area contributed by atoms with E-state index in [2.05, 4.69) is 40.9 Å². The zero-order chi connectivity index (χ0) is 48.3. The van der Waals surface area contributed by atoms with Gasteiger partial charge in [-0.05, 0) is 87.1 Å². The van der Waals surface area contributed by atoms with Gasteiger partial charge in [0.15, 0.2) is 11.6 Å². The van der Waals surface area contributed by atoms with Crippen molar-refractivity contribution >= 4 is 56.6 Å². The minimum Gasteiger partial charge on any atom is -0.370 e. The summed E-state index contributed by atoms with van der Waals surface area (Å²) in [5.41, 5.74) is 1.44. The Morgan fingerprint density at radius 3 is 1.93 bits per heavy atom. The van der Waals surface area contributed by atoms with Crippen LogP contribution in [0.5, 0.6) is 0 Å². The highest BCUT2D eigenvalue weighted by Gasteiger charge is 2.47. The number of aromatic nitrogens is 6. The average molecular weight is 941 g/mol. The zero-order valence-corrected chi connectivity index (χ0v) is 38.1. The number of carbonyl (C=O) groups excluding carboxylic acids is 2. The second-order valence-corrected chi connectivity index (χ2v) is 18.2. The number of anilines is 4. The molecule has 2 atom stereocenters. The molecule has 20 heteroatoms. The quantitative estimate of drug-likeness (QED) is 0.127. The smallest absolute Gasteiger partial charge is 0.370 e. The average Bonchev–Trinajstić information content (AvgIpc) is 3.59. The molecule has 3 fully saturated rings. The third-order valence-electron chi connectivity index (χ3n) is 13.8. The molecule has 3 aliphatic heterocycles. The second-order valence-electron chi connectivity index (χ2n) is 18.2. The van der Waals surface area contributed by atoms with Gasteiger partial charge >= 0.3 is 12.4 Å². The molecule has 0 unspecified atom stereocenters. The van der Waals surface area contributed by atoms with Crippen molar-refractivity contribution in [1.29, 1.82) is 0 Å². The van der Waals surface area contributed by atoms with Gasteiger partial charge in [0.05, 0.1) is 81.4 Å². The van der Waals surface area contributed by atoms with E-state index >= 15 is 13.2 Å². The Morgan fingerprint density at radius 1 is 0.676 bits per heavy atom. The molecule has 14 nitrogen and oxygen atoms in total. The maximum absolute atomic E-state index is 15.1. The molecule has 68 heavy (non-hydrogen) atoms. The van der Waals surface area contributed by atoms with Crippen molar-refractivity contribution in [3.05, 3.63) is 106 Å². The number of benzene rings is 2. The van der Waals surface area contributed by atoms with E-state index in [1.165, 1.54) is 12.1 Å².